The second kappa shape index (κ2) is 5.71. The van der Waals surface area contributed by atoms with E-state index in [0.29, 0.717) is 12.1 Å². The Morgan fingerprint density at radius 1 is 1.43 bits per heavy atom. The summed E-state index contributed by atoms with van der Waals surface area (Å²) < 4.78 is 40.3. The third kappa shape index (κ3) is 3.32. The Bertz CT molecular complexity index is 638. The molecule has 2 unspecified atom stereocenters. The minimum atomic E-state index is -4.48. The zero-order valence-electron chi connectivity index (χ0n) is 11.6. The highest BCUT2D eigenvalue weighted by Crippen LogP contribution is 2.27. The molecule has 2 heterocycles. The van der Waals surface area contributed by atoms with Crippen molar-refractivity contribution < 1.29 is 18.0 Å². The standard InChI is InChI=1S/C13H15F3N4O/c1-3-8(2)11(13(14,15)16)19-12(21)9-4-5-10-17-7-18-20(10)6-9/h4-8,11H,3H2,1-2H3,(H,19,21). The number of carbonyl (C=O) groups excluding carboxylic acids is 1. The van der Waals surface area contributed by atoms with E-state index in [4.69, 9.17) is 0 Å². The number of alkyl halides is 3. The van der Waals surface area contributed by atoms with Crippen LogP contribution < -0.4 is 5.32 Å². The number of pyridine rings is 1. The highest BCUT2D eigenvalue weighted by atomic mass is 19.4. The van der Waals surface area contributed by atoms with E-state index in [-0.39, 0.29) is 5.56 Å². The van der Waals surface area contributed by atoms with E-state index < -0.39 is 24.0 Å². The Labute approximate surface area is 119 Å². The molecule has 2 atom stereocenters. The summed E-state index contributed by atoms with van der Waals surface area (Å²) in [5.41, 5.74) is 0.617. The van der Waals surface area contributed by atoms with Gasteiger partial charge in [-0.2, -0.15) is 18.3 Å². The lowest BCUT2D eigenvalue weighted by molar-refractivity contribution is -0.164. The van der Waals surface area contributed by atoms with E-state index in [2.05, 4.69) is 15.4 Å². The van der Waals surface area contributed by atoms with Crippen LogP contribution in [0.25, 0.3) is 5.65 Å². The van der Waals surface area contributed by atoms with Crippen LogP contribution in [-0.2, 0) is 0 Å². The summed E-state index contributed by atoms with van der Waals surface area (Å²) in [6.45, 7) is 3.11. The predicted octanol–water partition coefficient (Wildman–Crippen LogP) is 2.44. The number of amides is 1. The van der Waals surface area contributed by atoms with Crippen LogP contribution in [0.5, 0.6) is 0 Å². The van der Waals surface area contributed by atoms with Crippen molar-refractivity contribution in [3.8, 4) is 0 Å². The molecule has 0 aliphatic carbocycles. The van der Waals surface area contributed by atoms with Crippen molar-refractivity contribution >= 4 is 11.6 Å². The van der Waals surface area contributed by atoms with Crippen LogP contribution in [0.1, 0.15) is 30.6 Å². The lowest BCUT2D eigenvalue weighted by atomic mass is 9.98. The monoisotopic (exact) mass is 300 g/mol. The maximum Gasteiger partial charge on any atom is 0.408 e. The second-order valence-corrected chi connectivity index (χ2v) is 4.86. The molecular formula is C13H15F3N4O. The average Bonchev–Trinajstić information content (AvgIpc) is 2.89. The largest absolute Gasteiger partial charge is 0.408 e. The van der Waals surface area contributed by atoms with E-state index in [9.17, 15) is 18.0 Å². The molecule has 8 heteroatoms. The van der Waals surface area contributed by atoms with E-state index >= 15 is 0 Å². The number of hydrogen-bond donors (Lipinski definition) is 1. The van der Waals surface area contributed by atoms with Gasteiger partial charge >= 0.3 is 6.18 Å². The molecular weight excluding hydrogens is 285 g/mol. The van der Waals surface area contributed by atoms with Crippen molar-refractivity contribution in [3.63, 3.8) is 0 Å². The molecule has 2 aromatic heterocycles. The molecule has 0 radical (unpaired) electrons. The fourth-order valence-electron chi connectivity index (χ4n) is 1.96. The summed E-state index contributed by atoms with van der Waals surface area (Å²) in [5, 5.41) is 5.90. The number of hydrogen-bond acceptors (Lipinski definition) is 3. The van der Waals surface area contributed by atoms with Gasteiger partial charge in [0, 0.05) is 6.20 Å². The Kier molecular flexibility index (Phi) is 4.15. The van der Waals surface area contributed by atoms with Gasteiger partial charge in [0.25, 0.3) is 5.91 Å². The molecule has 0 saturated heterocycles. The smallest absolute Gasteiger partial charge is 0.340 e. The molecule has 0 saturated carbocycles. The summed E-state index contributed by atoms with van der Waals surface area (Å²) in [6, 6.07) is 1.07. The Morgan fingerprint density at radius 3 is 2.76 bits per heavy atom. The summed E-state index contributed by atoms with van der Waals surface area (Å²) in [4.78, 5) is 15.9. The van der Waals surface area contributed by atoms with Gasteiger partial charge in [-0.05, 0) is 18.1 Å². The molecule has 2 aromatic rings. The molecule has 1 amide bonds. The first kappa shape index (κ1) is 15.3. The molecule has 1 N–H and O–H groups in total. The van der Waals surface area contributed by atoms with E-state index in [0.717, 1.165) is 0 Å². The minimum Gasteiger partial charge on any atom is -0.340 e. The quantitative estimate of drug-likeness (QED) is 0.943. The molecule has 0 spiro atoms. The highest BCUT2D eigenvalue weighted by Gasteiger charge is 2.43. The predicted molar refractivity (Wildman–Crippen MR) is 69.8 cm³/mol. The summed E-state index contributed by atoms with van der Waals surface area (Å²) in [7, 11) is 0. The van der Waals surface area contributed by atoms with E-state index in [1.54, 1.807) is 6.92 Å². The van der Waals surface area contributed by atoms with Crippen LogP contribution in [0, 0.1) is 5.92 Å². The maximum atomic E-state index is 13.0. The van der Waals surface area contributed by atoms with Gasteiger partial charge in [0.1, 0.15) is 12.4 Å². The number of carbonyl (C=O) groups is 1. The van der Waals surface area contributed by atoms with Crippen molar-refractivity contribution in [3.05, 3.63) is 30.2 Å². The molecule has 21 heavy (non-hydrogen) atoms. The minimum absolute atomic E-state index is 0.102. The van der Waals surface area contributed by atoms with Crippen molar-refractivity contribution in [1.82, 2.24) is 19.9 Å². The summed E-state index contributed by atoms with van der Waals surface area (Å²) in [5.74, 6) is -1.49. The van der Waals surface area contributed by atoms with Crippen LogP contribution in [0.4, 0.5) is 13.2 Å². The molecule has 0 aliphatic rings. The first-order valence-corrected chi connectivity index (χ1v) is 6.50. The van der Waals surface area contributed by atoms with Gasteiger partial charge in [-0.1, -0.05) is 20.3 Å². The van der Waals surface area contributed by atoms with Gasteiger partial charge in [-0.3, -0.25) is 4.79 Å². The van der Waals surface area contributed by atoms with Gasteiger partial charge in [-0.25, -0.2) is 9.50 Å². The van der Waals surface area contributed by atoms with Crippen molar-refractivity contribution in [2.24, 2.45) is 5.92 Å². The lowest BCUT2D eigenvalue weighted by Crippen LogP contribution is -2.49. The molecule has 0 aliphatic heterocycles. The van der Waals surface area contributed by atoms with E-state index in [1.807, 2.05) is 0 Å². The number of aromatic nitrogens is 3. The van der Waals surface area contributed by atoms with Crippen LogP contribution in [0.3, 0.4) is 0 Å². The maximum absolute atomic E-state index is 13.0. The number of fused-ring (bicyclic) bond motifs is 1. The zero-order chi connectivity index (χ0) is 15.6. The van der Waals surface area contributed by atoms with Crippen molar-refractivity contribution in [2.45, 2.75) is 32.5 Å². The fraction of sp³-hybridized carbons (Fsp3) is 0.462. The molecule has 5 nitrogen and oxygen atoms in total. The number of nitrogens with one attached hydrogen (secondary N) is 1. The van der Waals surface area contributed by atoms with Gasteiger partial charge in [0.2, 0.25) is 0 Å². The van der Waals surface area contributed by atoms with E-state index in [1.165, 1.54) is 36.1 Å². The Balaban J connectivity index is 2.21. The topological polar surface area (TPSA) is 59.3 Å². The molecule has 2 rings (SSSR count). The SMILES string of the molecule is CCC(C)C(NC(=O)c1ccc2ncnn2c1)C(F)(F)F. The lowest BCUT2D eigenvalue weighted by Gasteiger charge is -2.26. The average molecular weight is 300 g/mol. The zero-order valence-corrected chi connectivity index (χ0v) is 11.6. The third-order valence-electron chi connectivity index (χ3n) is 3.39. The van der Waals surface area contributed by atoms with Crippen LogP contribution in [0.2, 0.25) is 0 Å². The normalized spacial score (nSPS) is 14.9. The van der Waals surface area contributed by atoms with Crippen molar-refractivity contribution in [2.75, 3.05) is 0 Å². The highest BCUT2D eigenvalue weighted by molar-refractivity contribution is 5.94. The number of halogens is 3. The van der Waals surface area contributed by atoms with Crippen LogP contribution in [-0.4, -0.2) is 32.7 Å². The fourth-order valence-corrected chi connectivity index (χ4v) is 1.96. The molecule has 114 valence electrons. The Morgan fingerprint density at radius 2 is 2.14 bits per heavy atom. The molecule has 0 fully saturated rings. The number of rotatable bonds is 4. The van der Waals surface area contributed by atoms with Crippen LogP contribution >= 0.6 is 0 Å². The third-order valence-corrected chi connectivity index (χ3v) is 3.39. The van der Waals surface area contributed by atoms with Gasteiger partial charge in [0.15, 0.2) is 5.65 Å². The molecule has 0 bridgehead atoms. The van der Waals surface area contributed by atoms with Crippen LogP contribution in [0.15, 0.2) is 24.7 Å². The van der Waals surface area contributed by atoms with Gasteiger partial charge in [0.05, 0.1) is 5.56 Å². The Hall–Kier alpha value is -2.12. The molecule has 0 aromatic carbocycles. The van der Waals surface area contributed by atoms with Crippen molar-refractivity contribution in [1.29, 1.82) is 0 Å². The summed E-state index contributed by atoms with van der Waals surface area (Å²) in [6.07, 6.45) is -1.52. The first-order chi connectivity index (χ1) is 9.82. The number of nitrogens with zero attached hydrogens (tertiary/aromatic N) is 3. The second-order valence-electron chi connectivity index (χ2n) is 4.86. The van der Waals surface area contributed by atoms with Gasteiger partial charge in [-0.15, -0.1) is 0 Å². The van der Waals surface area contributed by atoms with Gasteiger partial charge < -0.3 is 5.32 Å². The first-order valence-electron chi connectivity index (χ1n) is 6.50. The summed E-state index contributed by atoms with van der Waals surface area (Å²) >= 11 is 0.